The van der Waals surface area contributed by atoms with Crippen LogP contribution in [0, 0.1) is 0 Å². The molecule has 0 aliphatic carbocycles. The van der Waals surface area contributed by atoms with Crippen molar-refractivity contribution in [3.63, 3.8) is 0 Å². The predicted molar refractivity (Wildman–Crippen MR) is 74.7 cm³/mol. The van der Waals surface area contributed by atoms with E-state index in [0.717, 1.165) is 25.2 Å². The van der Waals surface area contributed by atoms with Crippen LogP contribution in [0.3, 0.4) is 0 Å². The van der Waals surface area contributed by atoms with Crippen molar-refractivity contribution in [2.45, 2.75) is 13.3 Å². The lowest BCUT2D eigenvalue weighted by Gasteiger charge is -2.05. The van der Waals surface area contributed by atoms with Crippen molar-refractivity contribution in [1.82, 2.24) is 5.32 Å². The topological polar surface area (TPSA) is 62.4 Å². The largest absolute Gasteiger partial charge is 0.370 e. The molecular weight excluding hydrogens is 236 g/mol. The average molecular weight is 255 g/mol. The molecule has 0 bridgehead atoms. The molecule has 5 heteroatoms. The Labute approximate surface area is 107 Å². The Hall–Kier alpha value is -1.26. The monoisotopic (exact) mass is 254 g/mol. The molecule has 0 aliphatic heterocycles. The number of guanidine groups is 1. The van der Waals surface area contributed by atoms with Gasteiger partial charge in [-0.15, -0.1) is 0 Å². The van der Waals surface area contributed by atoms with Gasteiger partial charge >= 0.3 is 0 Å². The molecule has 0 spiro atoms. The van der Waals surface area contributed by atoms with Gasteiger partial charge in [-0.05, 0) is 37.2 Å². The summed E-state index contributed by atoms with van der Waals surface area (Å²) < 4.78 is 0. The molecule has 0 aromatic heterocycles. The number of benzene rings is 1. The van der Waals surface area contributed by atoms with Gasteiger partial charge in [-0.2, -0.15) is 0 Å². The van der Waals surface area contributed by atoms with Crippen LogP contribution >= 0.6 is 11.6 Å². The Kier molecular flexibility index (Phi) is 6.43. The number of rotatable bonds is 6. The second kappa shape index (κ2) is 7.92. The van der Waals surface area contributed by atoms with Gasteiger partial charge in [0.25, 0.3) is 0 Å². The van der Waals surface area contributed by atoms with Crippen LogP contribution in [0.2, 0.25) is 5.02 Å². The fourth-order valence-corrected chi connectivity index (χ4v) is 1.40. The normalized spacial score (nSPS) is 11.5. The van der Waals surface area contributed by atoms with Crippen molar-refractivity contribution in [2.75, 3.05) is 25.0 Å². The summed E-state index contributed by atoms with van der Waals surface area (Å²) in [6, 6.07) is 7.33. The minimum Gasteiger partial charge on any atom is -0.370 e. The van der Waals surface area contributed by atoms with Crippen molar-refractivity contribution in [2.24, 2.45) is 10.7 Å². The molecule has 0 saturated carbocycles. The number of nitrogens with two attached hydrogens (primary N) is 1. The summed E-state index contributed by atoms with van der Waals surface area (Å²) in [5.41, 5.74) is 6.62. The Balaban J connectivity index is 2.30. The molecule has 0 saturated heterocycles. The first-order valence-corrected chi connectivity index (χ1v) is 6.13. The third kappa shape index (κ3) is 6.14. The molecule has 1 aromatic carbocycles. The quantitative estimate of drug-likeness (QED) is 0.414. The summed E-state index contributed by atoms with van der Waals surface area (Å²) in [6.07, 6.45) is 1.13. The second-order valence-electron chi connectivity index (χ2n) is 3.65. The minimum absolute atomic E-state index is 0.422. The molecule has 0 radical (unpaired) electrons. The lowest BCUT2D eigenvalue weighted by Crippen LogP contribution is -2.25. The number of anilines is 1. The maximum atomic E-state index is 5.78. The van der Waals surface area contributed by atoms with E-state index >= 15 is 0 Å². The molecule has 0 atom stereocenters. The lowest BCUT2D eigenvalue weighted by atomic mass is 10.3. The Bertz CT molecular complexity index is 348. The fraction of sp³-hybridized carbons (Fsp3) is 0.417. The van der Waals surface area contributed by atoms with E-state index < -0.39 is 0 Å². The van der Waals surface area contributed by atoms with Gasteiger partial charge in [0.15, 0.2) is 5.96 Å². The highest BCUT2D eigenvalue weighted by Crippen LogP contribution is 2.12. The number of nitrogens with zero attached hydrogens (tertiary/aromatic N) is 1. The highest BCUT2D eigenvalue weighted by molar-refractivity contribution is 6.30. The van der Waals surface area contributed by atoms with Crippen molar-refractivity contribution in [3.8, 4) is 0 Å². The van der Waals surface area contributed by atoms with Gasteiger partial charge in [-0.25, -0.2) is 0 Å². The van der Waals surface area contributed by atoms with E-state index in [0.29, 0.717) is 17.5 Å². The van der Waals surface area contributed by atoms with Crippen LogP contribution in [0.25, 0.3) is 0 Å². The van der Waals surface area contributed by atoms with Gasteiger partial charge in [0.2, 0.25) is 0 Å². The fourth-order valence-electron chi connectivity index (χ4n) is 1.28. The van der Waals surface area contributed by atoms with E-state index in [2.05, 4.69) is 22.5 Å². The Morgan fingerprint density at radius 3 is 2.65 bits per heavy atom. The smallest absolute Gasteiger partial charge is 0.193 e. The lowest BCUT2D eigenvalue weighted by molar-refractivity contribution is 0.678. The summed E-state index contributed by atoms with van der Waals surface area (Å²) in [5.74, 6) is 0.422. The van der Waals surface area contributed by atoms with Gasteiger partial charge in [0.1, 0.15) is 0 Å². The van der Waals surface area contributed by atoms with Gasteiger partial charge < -0.3 is 16.4 Å². The zero-order valence-corrected chi connectivity index (χ0v) is 10.8. The third-order valence-corrected chi connectivity index (χ3v) is 2.37. The van der Waals surface area contributed by atoms with Crippen molar-refractivity contribution < 1.29 is 0 Å². The molecule has 1 rings (SSSR count). The molecule has 0 fully saturated rings. The van der Waals surface area contributed by atoms with Gasteiger partial charge in [0.05, 0.1) is 6.54 Å². The Morgan fingerprint density at radius 1 is 1.29 bits per heavy atom. The highest BCUT2D eigenvalue weighted by Gasteiger charge is 1.94. The van der Waals surface area contributed by atoms with Gasteiger partial charge in [0, 0.05) is 17.3 Å². The molecule has 0 heterocycles. The van der Waals surface area contributed by atoms with E-state index in [1.165, 1.54) is 0 Å². The van der Waals surface area contributed by atoms with E-state index in [-0.39, 0.29) is 0 Å². The summed E-state index contributed by atoms with van der Waals surface area (Å²) in [7, 11) is 0. The summed E-state index contributed by atoms with van der Waals surface area (Å²) in [6.45, 7) is 4.66. The van der Waals surface area contributed by atoms with E-state index in [1.54, 1.807) is 12.1 Å². The van der Waals surface area contributed by atoms with Crippen LogP contribution in [0.1, 0.15) is 13.3 Å². The molecule has 4 nitrogen and oxygen atoms in total. The number of halogens is 1. The number of hydrogen-bond acceptors (Lipinski definition) is 2. The predicted octanol–water partition coefficient (Wildman–Crippen LogP) is 2.07. The first kappa shape index (κ1) is 13.8. The second-order valence-corrected chi connectivity index (χ2v) is 4.09. The van der Waals surface area contributed by atoms with Crippen molar-refractivity contribution in [1.29, 1.82) is 0 Å². The van der Waals surface area contributed by atoms with Crippen LogP contribution in [-0.4, -0.2) is 25.6 Å². The molecular formula is C12H19ClN4. The maximum absolute atomic E-state index is 5.78. The number of nitrogens with one attached hydrogen (secondary N) is 2. The van der Waals surface area contributed by atoms with Crippen LogP contribution in [-0.2, 0) is 0 Å². The number of hydrogen-bond donors (Lipinski definition) is 3. The summed E-state index contributed by atoms with van der Waals surface area (Å²) in [5, 5.41) is 6.96. The first-order valence-electron chi connectivity index (χ1n) is 5.75. The minimum atomic E-state index is 0.422. The maximum Gasteiger partial charge on any atom is 0.193 e. The average Bonchev–Trinajstić information content (AvgIpc) is 2.32. The molecule has 4 N–H and O–H groups in total. The third-order valence-electron chi connectivity index (χ3n) is 2.11. The van der Waals surface area contributed by atoms with E-state index in [1.807, 2.05) is 12.1 Å². The molecule has 1 aromatic rings. The van der Waals surface area contributed by atoms with Gasteiger partial charge in [-0.1, -0.05) is 18.5 Å². The van der Waals surface area contributed by atoms with Crippen LogP contribution in [0.15, 0.2) is 29.3 Å². The van der Waals surface area contributed by atoms with Crippen LogP contribution in [0.4, 0.5) is 5.69 Å². The molecule has 94 valence electrons. The van der Waals surface area contributed by atoms with Gasteiger partial charge in [-0.3, -0.25) is 4.99 Å². The highest BCUT2D eigenvalue weighted by atomic mass is 35.5. The SMILES string of the molecule is CCCNCCN=C(N)Nc1ccc(Cl)cc1. The van der Waals surface area contributed by atoms with E-state index in [4.69, 9.17) is 17.3 Å². The Morgan fingerprint density at radius 2 is 2.00 bits per heavy atom. The molecule has 17 heavy (non-hydrogen) atoms. The zero-order valence-electron chi connectivity index (χ0n) is 10.0. The zero-order chi connectivity index (χ0) is 12.5. The standard InChI is InChI=1S/C12H19ClN4/c1-2-7-15-8-9-16-12(14)17-11-5-3-10(13)4-6-11/h3-6,15H,2,7-9H2,1H3,(H3,14,16,17). The van der Waals surface area contributed by atoms with Crippen LogP contribution < -0.4 is 16.4 Å². The molecule has 0 amide bonds. The van der Waals surface area contributed by atoms with Crippen LogP contribution in [0.5, 0.6) is 0 Å². The van der Waals surface area contributed by atoms with E-state index in [9.17, 15) is 0 Å². The first-order chi connectivity index (χ1) is 8.22. The van der Waals surface area contributed by atoms with Crippen molar-refractivity contribution in [3.05, 3.63) is 29.3 Å². The summed E-state index contributed by atoms with van der Waals surface area (Å²) >= 11 is 5.78. The molecule has 0 aliphatic rings. The van der Waals surface area contributed by atoms with Crippen molar-refractivity contribution >= 4 is 23.2 Å². The summed E-state index contributed by atoms with van der Waals surface area (Å²) in [4.78, 5) is 4.20. The number of aliphatic imine (C=N–C) groups is 1. The molecule has 0 unspecified atom stereocenters.